The Labute approximate surface area is 181 Å². The predicted octanol–water partition coefficient (Wildman–Crippen LogP) is 2.86. The Balaban J connectivity index is 1.56. The lowest BCUT2D eigenvalue weighted by Gasteiger charge is -2.26. The lowest BCUT2D eigenvalue weighted by Crippen LogP contribution is -2.25. The van der Waals surface area contributed by atoms with Crippen LogP contribution in [0.25, 0.3) is 17.0 Å². The van der Waals surface area contributed by atoms with Gasteiger partial charge in [-0.3, -0.25) is 0 Å². The molecule has 0 aliphatic carbocycles. The van der Waals surface area contributed by atoms with Crippen molar-refractivity contribution in [2.24, 2.45) is 0 Å². The van der Waals surface area contributed by atoms with E-state index >= 15 is 0 Å². The van der Waals surface area contributed by atoms with Crippen LogP contribution in [-0.4, -0.2) is 54.3 Å². The standard InChI is InChI=1S/C22H20F2N6O2/c23-14-1-2-20(32)16(8-14)18-9-15(24)12-29(18)22-4-3-21-25-11-19(30(21)28-22)17-7-13(5-6-31)10-26-27-17/h1-4,7-8,10-11,15,18,31-32H,5-6,9,12H2/t15-,18+/m0/s1. The fourth-order valence-electron chi connectivity index (χ4n) is 4.11. The SMILES string of the molecule is OCCc1cnnc(-c2cnc3ccc(N4C[C@@H](F)C[C@@H]4c4cc(F)ccc4O)nn23)c1. The van der Waals surface area contributed by atoms with E-state index in [1.807, 2.05) is 6.07 Å². The van der Waals surface area contributed by atoms with E-state index < -0.39 is 18.0 Å². The quantitative estimate of drug-likeness (QED) is 0.494. The molecule has 1 fully saturated rings. The lowest BCUT2D eigenvalue weighted by atomic mass is 10.0. The molecule has 10 heteroatoms. The first-order valence-corrected chi connectivity index (χ1v) is 10.2. The molecule has 1 saturated heterocycles. The maximum Gasteiger partial charge on any atom is 0.154 e. The third kappa shape index (κ3) is 3.62. The van der Waals surface area contributed by atoms with Gasteiger partial charge in [-0.25, -0.2) is 18.3 Å². The van der Waals surface area contributed by atoms with Gasteiger partial charge in [0.15, 0.2) is 5.65 Å². The first kappa shape index (κ1) is 20.3. The summed E-state index contributed by atoms with van der Waals surface area (Å²) in [5, 5.41) is 32.3. The third-order valence-electron chi connectivity index (χ3n) is 5.62. The van der Waals surface area contributed by atoms with Gasteiger partial charge in [0.1, 0.15) is 34.9 Å². The smallest absolute Gasteiger partial charge is 0.154 e. The molecule has 4 aromatic rings. The number of benzene rings is 1. The summed E-state index contributed by atoms with van der Waals surface area (Å²) in [6.07, 6.45) is 2.62. The van der Waals surface area contributed by atoms with Crippen LogP contribution in [-0.2, 0) is 6.42 Å². The van der Waals surface area contributed by atoms with Crippen LogP contribution < -0.4 is 4.90 Å². The summed E-state index contributed by atoms with van der Waals surface area (Å²) in [5.41, 5.74) is 2.84. The van der Waals surface area contributed by atoms with Crippen LogP contribution >= 0.6 is 0 Å². The van der Waals surface area contributed by atoms with Gasteiger partial charge in [-0.2, -0.15) is 5.10 Å². The number of hydrogen-bond acceptors (Lipinski definition) is 7. The van der Waals surface area contributed by atoms with E-state index in [4.69, 9.17) is 0 Å². The van der Waals surface area contributed by atoms with Gasteiger partial charge in [0.2, 0.25) is 0 Å². The lowest BCUT2D eigenvalue weighted by molar-refractivity contribution is 0.299. The topological polar surface area (TPSA) is 99.7 Å². The van der Waals surface area contributed by atoms with Crippen molar-refractivity contribution in [2.75, 3.05) is 18.1 Å². The number of aliphatic hydroxyl groups excluding tert-OH is 1. The normalized spacial score (nSPS) is 18.5. The van der Waals surface area contributed by atoms with E-state index in [1.54, 1.807) is 33.9 Å². The molecule has 0 saturated carbocycles. The summed E-state index contributed by atoms with van der Waals surface area (Å²) in [6, 6.07) is 8.39. The number of aromatic nitrogens is 5. The molecule has 2 atom stereocenters. The molecule has 3 aromatic heterocycles. The largest absolute Gasteiger partial charge is 0.508 e. The number of imidazole rings is 1. The number of alkyl halides is 1. The van der Waals surface area contributed by atoms with Crippen LogP contribution in [0.3, 0.4) is 0 Å². The highest BCUT2D eigenvalue weighted by atomic mass is 19.1. The monoisotopic (exact) mass is 438 g/mol. The fourth-order valence-corrected chi connectivity index (χ4v) is 4.11. The summed E-state index contributed by atoms with van der Waals surface area (Å²) in [4.78, 5) is 6.08. The minimum atomic E-state index is -1.15. The Morgan fingerprint density at radius 3 is 2.84 bits per heavy atom. The van der Waals surface area contributed by atoms with Gasteiger partial charge >= 0.3 is 0 Å². The highest BCUT2D eigenvalue weighted by Gasteiger charge is 2.36. The zero-order valence-corrected chi connectivity index (χ0v) is 16.9. The number of anilines is 1. The number of hydrogen-bond donors (Lipinski definition) is 2. The number of phenols is 1. The van der Waals surface area contributed by atoms with Crippen molar-refractivity contribution < 1.29 is 19.0 Å². The number of phenolic OH excluding ortho intramolecular Hbond substituents is 1. The maximum absolute atomic E-state index is 14.4. The summed E-state index contributed by atoms with van der Waals surface area (Å²) >= 11 is 0. The Morgan fingerprint density at radius 1 is 1.12 bits per heavy atom. The number of rotatable bonds is 5. The van der Waals surface area contributed by atoms with Gasteiger partial charge in [0, 0.05) is 18.6 Å². The van der Waals surface area contributed by atoms with Gasteiger partial charge in [-0.15, -0.1) is 10.2 Å². The van der Waals surface area contributed by atoms with Crippen molar-refractivity contribution in [1.29, 1.82) is 0 Å². The fraction of sp³-hybridized carbons (Fsp3) is 0.273. The molecule has 5 rings (SSSR count). The molecular weight excluding hydrogens is 418 g/mol. The number of halogens is 2. The molecule has 0 amide bonds. The van der Waals surface area contributed by atoms with Gasteiger partial charge < -0.3 is 15.1 Å². The second-order valence-electron chi connectivity index (χ2n) is 7.73. The summed E-state index contributed by atoms with van der Waals surface area (Å²) in [7, 11) is 0. The molecule has 0 bridgehead atoms. The second-order valence-corrected chi connectivity index (χ2v) is 7.73. The molecule has 1 aliphatic heterocycles. The van der Waals surface area contributed by atoms with Crippen LogP contribution in [0, 0.1) is 5.82 Å². The highest BCUT2D eigenvalue weighted by Crippen LogP contribution is 2.40. The second kappa shape index (κ2) is 8.12. The molecule has 0 spiro atoms. The minimum absolute atomic E-state index is 0.00560. The van der Waals surface area contributed by atoms with E-state index in [1.165, 1.54) is 18.2 Å². The first-order chi connectivity index (χ1) is 15.5. The highest BCUT2D eigenvalue weighted by molar-refractivity contribution is 5.61. The van der Waals surface area contributed by atoms with Crippen molar-refractivity contribution in [3.05, 3.63) is 65.7 Å². The van der Waals surface area contributed by atoms with E-state index in [2.05, 4.69) is 20.3 Å². The Kier molecular flexibility index (Phi) is 5.14. The number of aliphatic hydroxyl groups is 1. The molecule has 164 valence electrons. The summed E-state index contributed by atoms with van der Waals surface area (Å²) in [6.45, 7) is 0.0588. The van der Waals surface area contributed by atoms with Crippen molar-refractivity contribution in [3.8, 4) is 17.1 Å². The van der Waals surface area contributed by atoms with Crippen molar-refractivity contribution in [1.82, 2.24) is 24.8 Å². The van der Waals surface area contributed by atoms with Crippen molar-refractivity contribution in [2.45, 2.75) is 25.1 Å². The third-order valence-corrected chi connectivity index (χ3v) is 5.62. The molecule has 2 N–H and O–H groups in total. The molecule has 0 radical (unpaired) electrons. The predicted molar refractivity (Wildman–Crippen MR) is 112 cm³/mol. The van der Waals surface area contributed by atoms with Crippen molar-refractivity contribution in [3.63, 3.8) is 0 Å². The minimum Gasteiger partial charge on any atom is -0.508 e. The molecule has 4 heterocycles. The van der Waals surface area contributed by atoms with Crippen molar-refractivity contribution >= 4 is 11.5 Å². The molecule has 1 aromatic carbocycles. The number of nitrogens with zero attached hydrogens (tertiary/aromatic N) is 6. The van der Waals surface area contributed by atoms with Gasteiger partial charge in [-0.1, -0.05) is 0 Å². The summed E-state index contributed by atoms with van der Waals surface area (Å²) < 4.78 is 29.9. The Morgan fingerprint density at radius 2 is 2.00 bits per heavy atom. The van der Waals surface area contributed by atoms with E-state index in [0.29, 0.717) is 34.8 Å². The summed E-state index contributed by atoms with van der Waals surface area (Å²) in [5.74, 6) is -0.123. The average Bonchev–Trinajstić information content (AvgIpc) is 3.39. The number of fused-ring (bicyclic) bond motifs is 1. The van der Waals surface area contributed by atoms with Gasteiger partial charge in [-0.05, 0) is 48.4 Å². The van der Waals surface area contributed by atoms with Crippen LogP contribution in [0.5, 0.6) is 5.75 Å². The molecule has 0 unspecified atom stereocenters. The van der Waals surface area contributed by atoms with Crippen LogP contribution in [0.2, 0.25) is 0 Å². The Bertz CT molecular complexity index is 1280. The van der Waals surface area contributed by atoms with E-state index in [9.17, 15) is 19.0 Å². The molecule has 8 nitrogen and oxygen atoms in total. The van der Waals surface area contributed by atoms with Crippen LogP contribution in [0.15, 0.2) is 48.8 Å². The Hall–Kier alpha value is -3.66. The zero-order valence-electron chi connectivity index (χ0n) is 16.9. The van der Waals surface area contributed by atoms with E-state index in [-0.39, 0.29) is 25.3 Å². The van der Waals surface area contributed by atoms with Crippen LogP contribution in [0.1, 0.15) is 23.6 Å². The molecule has 1 aliphatic rings. The van der Waals surface area contributed by atoms with E-state index in [0.717, 1.165) is 5.56 Å². The maximum atomic E-state index is 14.4. The average molecular weight is 438 g/mol. The first-order valence-electron chi connectivity index (χ1n) is 10.2. The zero-order chi connectivity index (χ0) is 22.2. The van der Waals surface area contributed by atoms with Gasteiger partial charge in [0.25, 0.3) is 0 Å². The molecular formula is C22H20F2N6O2. The number of aromatic hydroxyl groups is 1. The van der Waals surface area contributed by atoms with Gasteiger partial charge in [0.05, 0.1) is 25.0 Å². The van der Waals surface area contributed by atoms with Crippen LogP contribution in [0.4, 0.5) is 14.6 Å². The molecule has 32 heavy (non-hydrogen) atoms.